The number of unbranched alkanes of at least 4 members (excludes halogenated alkanes) is 2. The molecule has 19 heavy (non-hydrogen) atoms. The number of para-hydroxylation sites is 1. The van der Waals surface area contributed by atoms with Crippen molar-refractivity contribution >= 4 is 5.97 Å². The van der Waals surface area contributed by atoms with E-state index in [9.17, 15) is 4.79 Å². The van der Waals surface area contributed by atoms with Crippen LogP contribution in [0.25, 0.3) is 0 Å². The van der Waals surface area contributed by atoms with E-state index in [1.54, 1.807) is 7.11 Å². The van der Waals surface area contributed by atoms with Gasteiger partial charge in [-0.3, -0.25) is 4.79 Å². The molecule has 1 aromatic carbocycles. The van der Waals surface area contributed by atoms with E-state index in [1.165, 1.54) is 0 Å². The van der Waals surface area contributed by atoms with Crippen molar-refractivity contribution in [2.24, 2.45) is 0 Å². The van der Waals surface area contributed by atoms with E-state index >= 15 is 0 Å². The van der Waals surface area contributed by atoms with Crippen molar-refractivity contribution in [3.05, 3.63) is 42.5 Å². The molecule has 0 atom stereocenters. The van der Waals surface area contributed by atoms with Crippen molar-refractivity contribution in [1.29, 1.82) is 0 Å². The summed E-state index contributed by atoms with van der Waals surface area (Å²) >= 11 is 0. The first-order valence-electron chi connectivity index (χ1n) is 6.66. The Balaban J connectivity index is 0.000000356. The number of hydrogen-bond acceptors (Lipinski definition) is 2. The first-order valence-corrected chi connectivity index (χ1v) is 6.66. The molecule has 0 aromatic heterocycles. The second-order valence-electron chi connectivity index (χ2n) is 4.06. The molecule has 106 valence electrons. The summed E-state index contributed by atoms with van der Waals surface area (Å²) in [5, 5.41) is 8.29. The second-order valence-corrected chi connectivity index (χ2v) is 4.06. The Morgan fingerprint density at radius 2 is 1.84 bits per heavy atom. The predicted molar refractivity (Wildman–Crippen MR) is 78.5 cm³/mol. The van der Waals surface area contributed by atoms with Gasteiger partial charge in [-0.05, 0) is 31.4 Å². The van der Waals surface area contributed by atoms with Crippen LogP contribution in [0.2, 0.25) is 0 Å². The Hall–Kier alpha value is -1.77. The van der Waals surface area contributed by atoms with Gasteiger partial charge in [-0.1, -0.05) is 43.7 Å². The lowest BCUT2D eigenvalue weighted by molar-refractivity contribution is -0.137. The summed E-state index contributed by atoms with van der Waals surface area (Å²) in [5.74, 6) is 0.210. The fourth-order valence-corrected chi connectivity index (χ4v) is 1.33. The summed E-state index contributed by atoms with van der Waals surface area (Å²) in [4.78, 5) is 10.1. The highest BCUT2D eigenvalue weighted by molar-refractivity contribution is 5.66. The number of aliphatic carboxylic acids is 1. The number of methoxy groups -OCH3 is 1. The number of hydrogen-bond donors (Lipinski definition) is 1. The van der Waals surface area contributed by atoms with Crippen LogP contribution in [-0.4, -0.2) is 18.2 Å². The fraction of sp³-hybridized carbons (Fsp3) is 0.438. The molecule has 0 saturated heterocycles. The van der Waals surface area contributed by atoms with E-state index < -0.39 is 5.97 Å². The molecule has 3 heteroatoms. The molecule has 0 aliphatic heterocycles. The molecule has 0 fully saturated rings. The van der Waals surface area contributed by atoms with E-state index in [0.29, 0.717) is 0 Å². The number of rotatable bonds is 7. The van der Waals surface area contributed by atoms with Gasteiger partial charge in [-0.25, -0.2) is 0 Å². The van der Waals surface area contributed by atoms with Crippen molar-refractivity contribution in [2.75, 3.05) is 7.11 Å². The number of carboxylic acids is 1. The summed E-state index contributed by atoms with van der Waals surface area (Å²) in [6.07, 6.45) is 8.38. The lowest BCUT2D eigenvalue weighted by Crippen LogP contribution is -1.92. The van der Waals surface area contributed by atoms with Crippen LogP contribution in [0, 0.1) is 0 Å². The average Bonchev–Trinajstić information content (AvgIpc) is 2.44. The Bertz CT molecular complexity index is 344. The minimum absolute atomic E-state index is 0.288. The van der Waals surface area contributed by atoms with Crippen molar-refractivity contribution in [3.8, 4) is 5.75 Å². The molecule has 1 N–H and O–H groups in total. The number of allylic oxidation sites excluding steroid dienone is 2. The topological polar surface area (TPSA) is 46.5 Å². The highest BCUT2D eigenvalue weighted by atomic mass is 16.5. The molecular formula is C16H24O3. The Morgan fingerprint density at radius 1 is 1.21 bits per heavy atom. The maximum Gasteiger partial charge on any atom is 0.303 e. The molecule has 0 saturated carbocycles. The van der Waals surface area contributed by atoms with Crippen LogP contribution in [0.5, 0.6) is 5.75 Å². The van der Waals surface area contributed by atoms with Gasteiger partial charge in [0.1, 0.15) is 5.75 Å². The van der Waals surface area contributed by atoms with Crippen LogP contribution in [0.15, 0.2) is 42.5 Å². The van der Waals surface area contributed by atoms with Crippen molar-refractivity contribution < 1.29 is 14.6 Å². The average molecular weight is 264 g/mol. The van der Waals surface area contributed by atoms with Gasteiger partial charge in [0.15, 0.2) is 0 Å². The maximum atomic E-state index is 10.1. The molecule has 0 unspecified atom stereocenters. The molecule has 0 aliphatic carbocycles. The number of benzene rings is 1. The molecule has 0 spiro atoms. The van der Waals surface area contributed by atoms with Crippen molar-refractivity contribution in [2.45, 2.75) is 39.0 Å². The molecule has 1 rings (SSSR count). The van der Waals surface area contributed by atoms with Gasteiger partial charge < -0.3 is 9.84 Å². The van der Waals surface area contributed by atoms with Gasteiger partial charge in [0.05, 0.1) is 7.11 Å². The van der Waals surface area contributed by atoms with Gasteiger partial charge in [-0.15, -0.1) is 0 Å². The lowest BCUT2D eigenvalue weighted by Gasteiger charge is -1.93. The zero-order valence-corrected chi connectivity index (χ0v) is 11.8. The van der Waals surface area contributed by atoms with E-state index in [0.717, 1.165) is 31.4 Å². The predicted octanol–water partition coefficient (Wildman–Crippen LogP) is 4.29. The molecular weight excluding hydrogens is 240 g/mol. The Labute approximate surface area is 115 Å². The highest BCUT2D eigenvalue weighted by Gasteiger charge is 1.92. The van der Waals surface area contributed by atoms with E-state index in [-0.39, 0.29) is 6.42 Å². The maximum absolute atomic E-state index is 10.1. The minimum atomic E-state index is -0.700. The fourth-order valence-electron chi connectivity index (χ4n) is 1.33. The van der Waals surface area contributed by atoms with Gasteiger partial charge in [0, 0.05) is 6.42 Å². The van der Waals surface area contributed by atoms with Gasteiger partial charge in [-0.2, -0.15) is 0 Å². The summed E-state index contributed by atoms with van der Waals surface area (Å²) in [6, 6.07) is 9.68. The third-order valence-corrected chi connectivity index (χ3v) is 2.36. The molecule has 0 aliphatic rings. The molecule has 1 aromatic rings. The highest BCUT2D eigenvalue weighted by Crippen LogP contribution is 2.05. The minimum Gasteiger partial charge on any atom is -0.497 e. The first-order chi connectivity index (χ1) is 9.20. The van der Waals surface area contributed by atoms with Gasteiger partial charge >= 0.3 is 5.97 Å². The number of carboxylic acid groups (broad SMARTS) is 1. The molecule has 3 nitrogen and oxygen atoms in total. The van der Waals surface area contributed by atoms with Crippen LogP contribution < -0.4 is 4.74 Å². The smallest absolute Gasteiger partial charge is 0.303 e. The van der Waals surface area contributed by atoms with Crippen LogP contribution >= 0.6 is 0 Å². The van der Waals surface area contributed by atoms with Crippen LogP contribution in [0.3, 0.4) is 0 Å². The molecule has 0 radical (unpaired) electrons. The van der Waals surface area contributed by atoms with Crippen LogP contribution in [-0.2, 0) is 4.79 Å². The standard InChI is InChI=1S/C9H16O2.C7H8O/c1-2-3-4-5-6-7-8-9(10)11;1-8-7-5-3-2-4-6-7/h4-5H,2-3,6-8H2,1H3,(H,10,11);2-6H,1H3. The van der Waals surface area contributed by atoms with Crippen molar-refractivity contribution in [1.82, 2.24) is 0 Å². The lowest BCUT2D eigenvalue weighted by atomic mass is 10.2. The summed E-state index contributed by atoms with van der Waals surface area (Å²) in [7, 11) is 1.66. The van der Waals surface area contributed by atoms with Crippen LogP contribution in [0.1, 0.15) is 39.0 Å². The third-order valence-electron chi connectivity index (χ3n) is 2.36. The number of carbonyl (C=O) groups is 1. The van der Waals surface area contributed by atoms with Gasteiger partial charge in [0.2, 0.25) is 0 Å². The zero-order valence-electron chi connectivity index (χ0n) is 11.8. The third kappa shape index (κ3) is 12.5. The summed E-state index contributed by atoms with van der Waals surface area (Å²) in [5.41, 5.74) is 0. The Kier molecular flexibility index (Phi) is 11.5. The first kappa shape index (κ1) is 17.2. The van der Waals surface area contributed by atoms with Crippen molar-refractivity contribution in [3.63, 3.8) is 0 Å². The molecule has 0 bridgehead atoms. The van der Waals surface area contributed by atoms with Crippen LogP contribution in [0.4, 0.5) is 0 Å². The quantitative estimate of drug-likeness (QED) is 0.590. The SMILES string of the molecule is CCCC=CCCCC(=O)O.COc1ccccc1. The monoisotopic (exact) mass is 264 g/mol. The van der Waals surface area contributed by atoms with E-state index in [2.05, 4.69) is 19.1 Å². The molecule has 0 heterocycles. The second kappa shape index (κ2) is 12.7. The Morgan fingerprint density at radius 3 is 2.32 bits per heavy atom. The van der Waals surface area contributed by atoms with E-state index in [4.69, 9.17) is 9.84 Å². The van der Waals surface area contributed by atoms with E-state index in [1.807, 2.05) is 30.3 Å². The summed E-state index contributed by atoms with van der Waals surface area (Å²) in [6.45, 7) is 2.13. The zero-order chi connectivity index (χ0) is 14.3. The number of ether oxygens (including phenoxy) is 1. The molecule has 0 amide bonds. The normalized spacial score (nSPS) is 9.79. The largest absolute Gasteiger partial charge is 0.497 e. The summed E-state index contributed by atoms with van der Waals surface area (Å²) < 4.78 is 4.91. The van der Waals surface area contributed by atoms with Gasteiger partial charge in [0.25, 0.3) is 0 Å².